The van der Waals surface area contributed by atoms with Crippen molar-refractivity contribution in [2.24, 2.45) is 0 Å². The molecule has 2 rings (SSSR count). The molecular weight excluding hydrogens is 362 g/mol. The van der Waals surface area contributed by atoms with E-state index in [9.17, 15) is 18.4 Å². The molecule has 0 spiro atoms. The van der Waals surface area contributed by atoms with Crippen LogP contribution in [-0.2, 0) is 9.53 Å². The van der Waals surface area contributed by atoms with Crippen LogP contribution in [0, 0.1) is 0 Å². The van der Waals surface area contributed by atoms with Crippen LogP contribution >= 0.6 is 0 Å². The molecule has 0 aromatic heterocycles. The Kier molecular flexibility index (Phi) is 6.24. The lowest BCUT2D eigenvalue weighted by atomic mass is 9.94. The fourth-order valence-electron chi connectivity index (χ4n) is 2.68. The molecule has 1 N–H and O–H groups in total. The second kappa shape index (κ2) is 8.24. The van der Waals surface area contributed by atoms with E-state index in [-0.39, 0.29) is 23.2 Å². The van der Waals surface area contributed by atoms with Crippen molar-refractivity contribution in [3.8, 4) is 11.5 Å². The average molecular weight is 384 g/mol. The molecule has 1 aromatic carbocycles. The number of esters is 1. The Hall–Kier alpha value is -2.84. The Morgan fingerprint density at radius 3 is 2.48 bits per heavy atom. The normalized spacial score (nSPS) is 17.3. The Morgan fingerprint density at radius 2 is 1.93 bits per heavy atom. The maximum Gasteiger partial charge on any atom is 0.387 e. The summed E-state index contributed by atoms with van der Waals surface area (Å²) >= 11 is 0. The number of benzene rings is 1. The summed E-state index contributed by atoms with van der Waals surface area (Å²) in [7, 11) is 2.84. The highest BCUT2D eigenvalue weighted by Crippen LogP contribution is 2.36. The molecule has 1 heterocycles. The van der Waals surface area contributed by atoms with Gasteiger partial charge in [0.05, 0.1) is 24.8 Å². The quantitative estimate of drug-likeness (QED) is 0.762. The van der Waals surface area contributed by atoms with Gasteiger partial charge in [0.2, 0.25) is 0 Å². The summed E-state index contributed by atoms with van der Waals surface area (Å²) in [5, 5.41) is 2.71. The first kappa shape index (κ1) is 20.5. The number of allylic oxidation sites excluding steroid dienone is 1. The number of halogens is 2. The standard InChI is InChI=1S/C18H22F2N2O5/c1-9(2)26-16(23)14-10(3)22(4)18(24)21-15(14)11-6-7-12(27-17(19)20)13(8-11)25-5/h6-9,15,17H,1-5H3,(H,21,24). The Labute approximate surface area is 155 Å². The van der Waals surface area contributed by atoms with E-state index in [4.69, 9.17) is 9.47 Å². The second-order valence-electron chi connectivity index (χ2n) is 6.18. The van der Waals surface area contributed by atoms with Crippen LogP contribution in [0.1, 0.15) is 32.4 Å². The third kappa shape index (κ3) is 4.47. The second-order valence-corrected chi connectivity index (χ2v) is 6.18. The van der Waals surface area contributed by atoms with Gasteiger partial charge in [0.15, 0.2) is 11.5 Å². The summed E-state index contributed by atoms with van der Waals surface area (Å²) in [5.74, 6) is -0.677. The Morgan fingerprint density at radius 1 is 1.26 bits per heavy atom. The number of alkyl halides is 2. The van der Waals surface area contributed by atoms with Crippen molar-refractivity contribution in [1.82, 2.24) is 10.2 Å². The maximum absolute atomic E-state index is 12.6. The van der Waals surface area contributed by atoms with Crippen molar-refractivity contribution >= 4 is 12.0 Å². The van der Waals surface area contributed by atoms with E-state index in [0.717, 1.165) is 0 Å². The number of amides is 2. The number of hydrogen-bond donors (Lipinski definition) is 1. The predicted molar refractivity (Wildman–Crippen MR) is 92.6 cm³/mol. The number of urea groups is 1. The van der Waals surface area contributed by atoms with Crippen LogP contribution in [0.4, 0.5) is 13.6 Å². The zero-order chi connectivity index (χ0) is 20.3. The third-order valence-corrected chi connectivity index (χ3v) is 4.05. The van der Waals surface area contributed by atoms with Crippen LogP contribution < -0.4 is 14.8 Å². The molecule has 148 valence electrons. The summed E-state index contributed by atoms with van der Waals surface area (Å²) < 4.78 is 39.8. The van der Waals surface area contributed by atoms with Gasteiger partial charge in [-0.2, -0.15) is 8.78 Å². The van der Waals surface area contributed by atoms with Crippen LogP contribution in [0.5, 0.6) is 11.5 Å². The number of nitrogens with one attached hydrogen (secondary N) is 1. The summed E-state index contributed by atoms with van der Waals surface area (Å²) in [4.78, 5) is 26.1. The molecule has 9 heteroatoms. The van der Waals surface area contributed by atoms with Gasteiger partial charge in [-0.3, -0.25) is 0 Å². The first-order valence-corrected chi connectivity index (χ1v) is 8.24. The molecule has 0 saturated heterocycles. The highest BCUT2D eigenvalue weighted by molar-refractivity contribution is 5.95. The minimum absolute atomic E-state index is 0.0511. The number of rotatable bonds is 6. The lowest BCUT2D eigenvalue weighted by molar-refractivity contribution is -0.143. The van der Waals surface area contributed by atoms with E-state index in [1.54, 1.807) is 20.8 Å². The molecule has 1 atom stereocenters. The molecule has 0 saturated carbocycles. The minimum atomic E-state index is -3.01. The summed E-state index contributed by atoms with van der Waals surface area (Å²) in [5.41, 5.74) is 1.14. The highest BCUT2D eigenvalue weighted by Gasteiger charge is 2.35. The van der Waals surface area contributed by atoms with Crippen molar-refractivity contribution < 1.29 is 32.6 Å². The van der Waals surface area contributed by atoms with Gasteiger partial charge in [-0.25, -0.2) is 9.59 Å². The van der Waals surface area contributed by atoms with E-state index in [1.807, 2.05) is 0 Å². The molecule has 1 aromatic rings. The van der Waals surface area contributed by atoms with Gasteiger partial charge in [0.25, 0.3) is 0 Å². The first-order chi connectivity index (χ1) is 12.6. The highest BCUT2D eigenvalue weighted by atomic mass is 19.3. The van der Waals surface area contributed by atoms with E-state index in [1.165, 1.54) is 37.3 Å². The van der Waals surface area contributed by atoms with Crippen molar-refractivity contribution in [1.29, 1.82) is 0 Å². The molecule has 1 aliphatic heterocycles. The van der Waals surface area contributed by atoms with Gasteiger partial charge < -0.3 is 24.4 Å². The summed E-state index contributed by atoms with van der Waals surface area (Å²) in [6.45, 7) is 2.06. The van der Waals surface area contributed by atoms with E-state index >= 15 is 0 Å². The van der Waals surface area contributed by atoms with Gasteiger partial charge in [0, 0.05) is 12.7 Å². The predicted octanol–water partition coefficient (Wildman–Crippen LogP) is 3.22. The Bertz CT molecular complexity index is 764. The average Bonchev–Trinajstić information content (AvgIpc) is 2.58. The van der Waals surface area contributed by atoms with Gasteiger partial charge in [-0.1, -0.05) is 6.07 Å². The number of ether oxygens (including phenoxy) is 3. The van der Waals surface area contributed by atoms with E-state index in [2.05, 4.69) is 10.1 Å². The third-order valence-electron chi connectivity index (χ3n) is 4.05. The number of methoxy groups -OCH3 is 1. The minimum Gasteiger partial charge on any atom is -0.493 e. The van der Waals surface area contributed by atoms with E-state index < -0.39 is 24.7 Å². The van der Waals surface area contributed by atoms with Crippen LogP contribution in [0.3, 0.4) is 0 Å². The smallest absolute Gasteiger partial charge is 0.387 e. The largest absolute Gasteiger partial charge is 0.493 e. The molecule has 0 radical (unpaired) electrons. The zero-order valence-corrected chi connectivity index (χ0v) is 15.7. The van der Waals surface area contributed by atoms with Gasteiger partial charge in [-0.05, 0) is 38.5 Å². The van der Waals surface area contributed by atoms with E-state index in [0.29, 0.717) is 11.3 Å². The van der Waals surface area contributed by atoms with Crippen LogP contribution in [0.15, 0.2) is 29.5 Å². The molecule has 0 fully saturated rings. The van der Waals surface area contributed by atoms with Crippen LogP contribution in [-0.4, -0.2) is 43.8 Å². The van der Waals surface area contributed by atoms with Crippen molar-refractivity contribution in [3.05, 3.63) is 35.0 Å². The van der Waals surface area contributed by atoms with Crippen molar-refractivity contribution in [3.63, 3.8) is 0 Å². The number of carbonyl (C=O) groups excluding carboxylic acids is 2. The lowest BCUT2D eigenvalue weighted by Gasteiger charge is -2.33. The SMILES string of the molecule is COc1cc(C2NC(=O)N(C)C(C)=C2C(=O)OC(C)C)ccc1OC(F)F. The van der Waals surface area contributed by atoms with Gasteiger partial charge in [0.1, 0.15) is 0 Å². The van der Waals surface area contributed by atoms with Crippen LogP contribution in [0.2, 0.25) is 0 Å². The molecule has 1 unspecified atom stereocenters. The lowest BCUT2D eigenvalue weighted by Crippen LogP contribution is -2.46. The zero-order valence-electron chi connectivity index (χ0n) is 15.7. The summed E-state index contributed by atoms with van der Waals surface area (Å²) in [6.07, 6.45) is -0.349. The fraction of sp³-hybridized carbons (Fsp3) is 0.444. The molecule has 1 aliphatic rings. The fourth-order valence-corrected chi connectivity index (χ4v) is 2.68. The first-order valence-electron chi connectivity index (χ1n) is 8.24. The molecule has 7 nitrogen and oxygen atoms in total. The molecule has 2 amide bonds. The number of carbonyl (C=O) groups is 2. The monoisotopic (exact) mass is 384 g/mol. The topological polar surface area (TPSA) is 77.1 Å². The van der Waals surface area contributed by atoms with Gasteiger partial charge >= 0.3 is 18.6 Å². The molecule has 27 heavy (non-hydrogen) atoms. The van der Waals surface area contributed by atoms with Gasteiger partial charge in [-0.15, -0.1) is 0 Å². The summed E-state index contributed by atoms with van der Waals surface area (Å²) in [6, 6.07) is 2.97. The van der Waals surface area contributed by atoms with Crippen molar-refractivity contribution in [2.75, 3.05) is 14.2 Å². The maximum atomic E-state index is 12.6. The number of hydrogen-bond acceptors (Lipinski definition) is 5. The number of nitrogens with zero attached hydrogens (tertiary/aromatic N) is 1. The van der Waals surface area contributed by atoms with Crippen molar-refractivity contribution in [2.45, 2.75) is 39.5 Å². The Balaban J connectivity index is 2.50. The molecule has 0 aliphatic carbocycles. The van der Waals surface area contributed by atoms with Crippen LogP contribution in [0.25, 0.3) is 0 Å². The molecular formula is C18H22F2N2O5. The molecule has 0 bridgehead atoms.